The van der Waals surface area contributed by atoms with Gasteiger partial charge in [-0.1, -0.05) is 24.3 Å². The third kappa shape index (κ3) is 1.90. The van der Waals surface area contributed by atoms with Crippen LogP contribution in [0.15, 0.2) is 30.5 Å². The number of hydrogen-bond acceptors (Lipinski definition) is 2. The zero-order valence-corrected chi connectivity index (χ0v) is 13.2. The summed E-state index contributed by atoms with van der Waals surface area (Å²) in [5.41, 5.74) is 5.43. The summed E-state index contributed by atoms with van der Waals surface area (Å²) in [6.07, 6.45) is 7.36. The number of aryl methyl sites for hydroxylation is 1. The molecule has 4 heteroatoms. The van der Waals surface area contributed by atoms with Crippen molar-refractivity contribution in [2.24, 2.45) is 5.92 Å². The van der Waals surface area contributed by atoms with Crippen LogP contribution < -0.4 is 0 Å². The van der Waals surface area contributed by atoms with Crippen LogP contribution in [-0.2, 0) is 29.6 Å². The van der Waals surface area contributed by atoms with Gasteiger partial charge in [0.15, 0.2) is 0 Å². The van der Waals surface area contributed by atoms with Crippen LogP contribution in [-0.4, -0.2) is 27.5 Å². The second-order valence-corrected chi connectivity index (χ2v) is 7.31. The molecule has 0 saturated heterocycles. The van der Waals surface area contributed by atoms with Gasteiger partial charge >= 0.3 is 0 Å². The molecule has 1 saturated carbocycles. The molecule has 1 aromatic heterocycles. The van der Waals surface area contributed by atoms with E-state index in [0.29, 0.717) is 5.91 Å². The van der Waals surface area contributed by atoms with E-state index in [-0.39, 0.29) is 11.3 Å². The van der Waals surface area contributed by atoms with Gasteiger partial charge in [0.25, 0.3) is 0 Å². The molecule has 2 aliphatic carbocycles. The number of nitrogens with zero attached hydrogens (tertiary/aromatic N) is 2. The highest BCUT2D eigenvalue weighted by molar-refractivity contribution is 5.85. The Labute approximate surface area is 135 Å². The quantitative estimate of drug-likeness (QED) is 0.880. The Hall–Kier alpha value is -2.10. The summed E-state index contributed by atoms with van der Waals surface area (Å²) in [6, 6.07) is 8.76. The number of amides is 1. The Morgan fingerprint density at radius 3 is 3.13 bits per heavy atom. The summed E-state index contributed by atoms with van der Waals surface area (Å²) >= 11 is 0. The maximum absolute atomic E-state index is 13.1. The van der Waals surface area contributed by atoms with Crippen LogP contribution in [0.1, 0.15) is 41.6 Å². The molecular weight excluding hydrogens is 286 g/mol. The van der Waals surface area contributed by atoms with Gasteiger partial charge in [-0.25, -0.2) is 0 Å². The molecule has 2 atom stereocenters. The van der Waals surface area contributed by atoms with Crippen molar-refractivity contribution in [2.75, 3.05) is 6.54 Å². The summed E-state index contributed by atoms with van der Waals surface area (Å²) in [6.45, 7) is 1.54. The van der Waals surface area contributed by atoms with Gasteiger partial charge in [-0.2, -0.15) is 5.10 Å². The number of aromatic nitrogens is 2. The Morgan fingerprint density at radius 2 is 2.17 bits per heavy atom. The van der Waals surface area contributed by atoms with Crippen molar-refractivity contribution >= 4 is 5.91 Å². The van der Waals surface area contributed by atoms with Crippen LogP contribution >= 0.6 is 0 Å². The Balaban J connectivity index is 1.40. The van der Waals surface area contributed by atoms with E-state index in [4.69, 9.17) is 0 Å². The topological polar surface area (TPSA) is 49.0 Å². The monoisotopic (exact) mass is 307 g/mol. The van der Waals surface area contributed by atoms with Crippen LogP contribution in [0.5, 0.6) is 0 Å². The lowest BCUT2D eigenvalue weighted by molar-refractivity contribution is -0.134. The van der Waals surface area contributed by atoms with E-state index in [1.54, 1.807) is 0 Å². The van der Waals surface area contributed by atoms with Crippen LogP contribution in [0.25, 0.3) is 0 Å². The van der Waals surface area contributed by atoms with Gasteiger partial charge in [0, 0.05) is 42.1 Å². The Kier molecular flexibility index (Phi) is 2.73. The van der Waals surface area contributed by atoms with Crippen molar-refractivity contribution in [1.29, 1.82) is 0 Å². The summed E-state index contributed by atoms with van der Waals surface area (Å²) in [5.74, 6) is 0.547. The maximum Gasteiger partial charge on any atom is 0.226 e. The number of rotatable bonds is 1. The minimum Gasteiger partial charge on any atom is -0.338 e. The molecule has 1 N–H and O–H groups in total. The van der Waals surface area contributed by atoms with Gasteiger partial charge in [0.05, 0.1) is 6.20 Å². The molecule has 2 aromatic rings. The summed E-state index contributed by atoms with van der Waals surface area (Å²) < 4.78 is 0. The maximum atomic E-state index is 13.1. The van der Waals surface area contributed by atoms with E-state index < -0.39 is 0 Å². The molecule has 5 rings (SSSR count). The lowest BCUT2D eigenvalue weighted by atomic mass is 9.78. The van der Waals surface area contributed by atoms with Gasteiger partial charge in [-0.3, -0.25) is 9.89 Å². The number of nitrogens with one attached hydrogen (secondary N) is 1. The van der Waals surface area contributed by atoms with E-state index in [1.807, 2.05) is 6.20 Å². The first-order valence-corrected chi connectivity index (χ1v) is 8.66. The summed E-state index contributed by atoms with van der Waals surface area (Å²) in [7, 11) is 0. The fraction of sp³-hybridized carbons (Fsp3) is 0.474. The lowest BCUT2D eigenvalue weighted by Crippen LogP contribution is -2.38. The third-order valence-electron chi connectivity index (χ3n) is 6.11. The molecule has 23 heavy (non-hydrogen) atoms. The normalized spacial score (nSPS) is 28.3. The summed E-state index contributed by atoms with van der Waals surface area (Å²) in [5, 5.41) is 7.15. The lowest BCUT2D eigenvalue weighted by Gasteiger charge is -2.30. The number of carbonyl (C=O) groups excluding carboxylic acids is 1. The molecule has 1 amide bonds. The van der Waals surface area contributed by atoms with Crippen LogP contribution in [0, 0.1) is 5.92 Å². The number of benzene rings is 1. The van der Waals surface area contributed by atoms with Gasteiger partial charge in [-0.15, -0.1) is 0 Å². The SMILES string of the molecule is O=C(C1CC12CCCc1ccccc12)N1CCc2[nH]ncc2C1. The molecule has 1 aliphatic heterocycles. The van der Waals surface area contributed by atoms with E-state index >= 15 is 0 Å². The molecule has 118 valence electrons. The highest BCUT2D eigenvalue weighted by Crippen LogP contribution is 2.60. The fourth-order valence-corrected chi connectivity index (χ4v) is 4.79. The second-order valence-electron chi connectivity index (χ2n) is 7.31. The first kappa shape index (κ1) is 13.3. The molecule has 2 unspecified atom stereocenters. The predicted molar refractivity (Wildman–Crippen MR) is 86.9 cm³/mol. The number of H-pyrrole nitrogens is 1. The highest BCUT2D eigenvalue weighted by Gasteiger charge is 2.60. The molecular formula is C19H21N3O. The standard InChI is InChI=1S/C19H21N3O/c23-18(22-9-7-17-14(12-22)11-20-21-17)16-10-19(16)8-3-5-13-4-1-2-6-15(13)19/h1-2,4,6,11,16H,3,5,7-10,12H2,(H,20,21). The molecule has 1 spiro atoms. The first-order chi connectivity index (χ1) is 11.3. The second kappa shape index (κ2) is 4.70. The van der Waals surface area contributed by atoms with E-state index in [0.717, 1.165) is 25.9 Å². The minimum atomic E-state index is 0.141. The van der Waals surface area contributed by atoms with E-state index in [1.165, 1.54) is 41.6 Å². The van der Waals surface area contributed by atoms with Gasteiger partial charge in [0.1, 0.15) is 0 Å². The first-order valence-electron chi connectivity index (χ1n) is 8.66. The zero-order valence-electron chi connectivity index (χ0n) is 13.2. The zero-order chi connectivity index (χ0) is 15.4. The Morgan fingerprint density at radius 1 is 1.26 bits per heavy atom. The largest absolute Gasteiger partial charge is 0.338 e. The molecule has 2 heterocycles. The van der Waals surface area contributed by atoms with Gasteiger partial charge in [0.2, 0.25) is 5.91 Å². The van der Waals surface area contributed by atoms with Crippen molar-refractivity contribution in [1.82, 2.24) is 15.1 Å². The van der Waals surface area contributed by atoms with Crippen LogP contribution in [0.2, 0.25) is 0 Å². The van der Waals surface area contributed by atoms with Crippen molar-refractivity contribution in [3.8, 4) is 0 Å². The molecule has 3 aliphatic rings. The third-order valence-corrected chi connectivity index (χ3v) is 6.11. The summed E-state index contributed by atoms with van der Waals surface area (Å²) in [4.78, 5) is 15.1. The fourth-order valence-electron chi connectivity index (χ4n) is 4.79. The van der Waals surface area contributed by atoms with Crippen molar-refractivity contribution in [3.05, 3.63) is 52.8 Å². The average molecular weight is 307 g/mol. The predicted octanol–water partition coefficient (Wildman–Crippen LogP) is 2.59. The number of hydrogen-bond donors (Lipinski definition) is 1. The van der Waals surface area contributed by atoms with Crippen LogP contribution in [0.3, 0.4) is 0 Å². The number of carbonyl (C=O) groups is 1. The molecule has 4 nitrogen and oxygen atoms in total. The molecule has 0 radical (unpaired) electrons. The molecule has 1 fully saturated rings. The number of aromatic amines is 1. The molecule has 0 bridgehead atoms. The van der Waals surface area contributed by atoms with Crippen molar-refractivity contribution in [2.45, 2.75) is 44.1 Å². The Bertz CT molecular complexity index is 780. The van der Waals surface area contributed by atoms with Crippen molar-refractivity contribution in [3.63, 3.8) is 0 Å². The minimum absolute atomic E-state index is 0.141. The van der Waals surface area contributed by atoms with E-state index in [2.05, 4.69) is 39.4 Å². The van der Waals surface area contributed by atoms with Gasteiger partial charge in [-0.05, 0) is 36.8 Å². The highest BCUT2D eigenvalue weighted by atomic mass is 16.2. The van der Waals surface area contributed by atoms with Crippen LogP contribution in [0.4, 0.5) is 0 Å². The average Bonchev–Trinajstić information content (AvgIpc) is 3.10. The van der Waals surface area contributed by atoms with E-state index in [9.17, 15) is 4.79 Å². The number of fused-ring (bicyclic) bond motifs is 3. The molecule has 1 aromatic carbocycles. The van der Waals surface area contributed by atoms with Crippen molar-refractivity contribution < 1.29 is 4.79 Å². The smallest absolute Gasteiger partial charge is 0.226 e. The van der Waals surface area contributed by atoms with Gasteiger partial charge < -0.3 is 4.90 Å².